The lowest BCUT2D eigenvalue weighted by Crippen LogP contribution is -2.48. The maximum absolute atomic E-state index is 13.0. The van der Waals surface area contributed by atoms with Crippen LogP contribution in [0.5, 0.6) is 0 Å². The molecule has 0 radical (unpaired) electrons. The molecule has 1 fully saturated rings. The molecule has 0 bridgehead atoms. The summed E-state index contributed by atoms with van der Waals surface area (Å²) in [6, 6.07) is 15.8. The van der Waals surface area contributed by atoms with E-state index in [1.807, 2.05) is 35.2 Å². The van der Waals surface area contributed by atoms with Gasteiger partial charge in [-0.3, -0.25) is 4.79 Å². The molecule has 0 saturated carbocycles. The summed E-state index contributed by atoms with van der Waals surface area (Å²) >= 11 is 0. The molecule has 0 N–H and O–H groups in total. The van der Waals surface area contributed by atoms with E-state index in [0.717, 1.165) is 55.8 Å². The molecule has 0 unspecified atom stereocenters. The Labute approximate surface area is 179 Å². The summed E-state index contributed by atoms with van der Waals surface area (Å²) in [4.78, 5) is 15.8. The van der Waals surface area contributed by atoms with Crippen LogP contribution in [0.1, 0.15) is 30.0 Å². The molecule has 0 aliphatic carbocycles. The van der Waals surface area contributed by atoms with Crippen LogP contribution in [0, 0.1) is 0 Å². The second kappa shape index (κ2) is 8.78. The summed E-state index contributed by atoms with van der Waals surface area (Å²) in [7, 11) is -3.36. The second-order valence-electron chi connectivity index (χ2n) is 8.13. The SMILES string of the molecule is CC(=O)N1CCN(c2ccc3c(c2)CCCN(S(=O)(=O)Cc2ccccc2)C3)CC1. The third kappa shape index (κ3) is 4.68. The molecule has 0 atom stereocenters. The van der Waals surface area contributed by atoms with Crippen molar-refractivity contribution in [2.75, 3.05) is 37.6 Å². The lowest BCUT2D eigenvalue weighted by atomic mass is 10.0. The van der Waals surface area contributed by atoms with Gasteiger partial charge in [0.25, 0.3) is 0 Å². The lowest BCUT2D eigenvalue weighted by Gasteiger charge is -2.36. The van der Waals surface area contributed by atoms with E-state index in [4.69, 9.17) is 0 Å². The van der Waals surface area contributed by atoms with E-state index in [-0.39, 0.29) is 11.7 Å². The molecule has 160 valence electrons. The Balaban J connectivity index is 1.47. The van der Waals surface area contributed by atoms with Crippen molar-refractivity contribution in [1.82, 2.24) is 9.21 Å². The highest BCUT2D eigenvalue weighted by Gasteiger charge is 2.26. The Morgan fingerprint density at radius 1 is 0.933 bits per heavy atom. The van der Waals surface area contributed by atoms with Crippen molar-refractivity contribution < 1.29 is 13.2 Å². The smallest absolute Gasteiger partial charge is 0.219 e. The van der Waals surface area contributed by atoms with E-state index in [1.165, 1.54) is 5.56 Å². The lowest BCUT2D eigenvalue weighted by molar-refractivity contribution is -0.129. The molecule has 6 nitrogen and oxygen atoms in total. The predicted molar refractivity (Wildman–Crippen MR) is 119 cm³/mol. The highest BCUT2D eigenvalue weighted by molar-refractivity contribution is 7.88. The molecule has 2 aromatic carbocycles. The fraction of sp³-hybridized carbons (Fsp3) is 0.435. The highest BCUT2D eigenvalue weighted by atomic mass is 32.2. The first-order valence-electron chi connectivity index (χ1n) is 10.6. The number of carbonyl (C=O) groups is 1. The number of rotatable bonds is 4. The zero-order valence-electron chi connectivity index (χ0n) is 17.5. The summed E-state index contributed by atoms with van der Waals surface area (Å²) < 4.78 is 27.6. The third-order valence-electron chi connectivity index (χ3n) is 6.07. The molecular weight excluding hydrogens is 398 g/mol. The van der Waals surface area contributed by atoms with Crippen LogP contribution in [0.2, 0.25) is 0 Å². The van der Waals surface area contributed by atoms with E-state index in [1.54, 1.807) is 11.2 Å². The van der Waals surface area contributed by atoms with E-state index in [2.05, 4.69) is 23.1 Å². The number of benzene rings is 2. The second-order valence-corrected chi connectivity index (χ2v) is 10.1. The van der Waals surface area contributed by atoms with Crippen LogP contribution in [0.25, 0.3) is 0 Å². The summed E-state index contributed by atoms with van der Waals surface area (Å²) in [5.74, 6) is 0.176. The number of nitrogens with zero attached hydrogens (tertiary/aromatic N) is 3. The summed E-state index contributed by atoms with van der Waals surface area (Å²) in [6.07, 6.45) is 1.70. The van der Waals surface area contributed by atoms with E-state index in [9.17, 15) is 13.2 Å². The fourth-order valence-electron chi connectivity index (χ4n) is 4.30. The predicted octanol–water partition coefficient (Wildman–Crippen LogP) is 2.63. The van der Waals surface area contributed by atoms with E-state index < -0.39 is 10.0 Å². The Hall–Kier alpha value is -2.38. The number of carbonyl (C=O) groups excluding carboxylic acids is 1. The topological polar surface area (TPSA) is 60.9 Å². The van der Waals surface area contributed by atoms with Crippen LogP contribution in [-0.4, -0.2) is 56.3 Å². The van der Waals surface area contributed by atoms with Crippen molar-refractivity contribution in [3.8, 4) is 0 Å². The van der Waals surface area contributed by atoms with Gasteiger partial charge in [-0.05, 0) is 41.7 Å². The Kier molecular flexibility index (Phi) is 6.11. The summed E-state index contributed by atoms with van der Waals surface area (Å²) in [5, 5.41) is 0. The number of aryl methyl sites for hydroxylation is 1. The minimum atomic E-state index is -3.36. The van der Waals surface area contributed by atoms with Gasteiger partial charge in [0.2, 0.25) is 15.9 Å². The van der Waals surface area contributed by atoms with Gasteiger partial charge in [-0.2, -0.15) is 4.31 Å². The number of anilines is 1. The monoisotopic (exact) mass is 427 g/mol. The van der Waals surface area contributed by atoms with Crippen molar-refractivity contribution >= 4 is 21.6 Å². The van der Waals surface area contributed by atoms with Gasteiger partial charge < -0.3 is 9.80 Å². The molecule has 2 aromatic rings. The van der Waals surface area contributed by atoms with Gasteiger partial charge in [-0.25, -0.2) is 8.42 Å². The number of amides is 1. The zero-order chi connectivity index (χ0) is 21.1. The van der Waals surface area contributed by atoms with E-state index in [0.29, 0.717) is 13.1 Å². The van der Waals surface area contributed by atoms with Crippen molar-refractivity contribution in [3.05, 3.63) is 65.2 Å². The maximum Gasteiger partial charge on any atom is 0.219 e. The first kappa shape index (κ1) is 20.9. The van der Waals surface area contributed by atoms with Crippen molar-refractivity contribution in [1.29, 1.82) is 0 Å². The van der Waals surface area contributed by atoms with Gasteiger partial charge in [0, 0.05) is 51.9 Å². The quantitative estimate of drug-likeness (QED) is 0.753. The van der Waals surface area contributed by atoms with Gasteiger partial charge in [-0.15, -0.1) is 0 Å². The molecule has 0 spiro atoms. The number of hydrogen-bond donors (Lipinski definition) is 0. The Bertz CT molecular complexity index is 1000. The molecule has 7 heteroatoms. The molecule has 2 aliphatic rings. The van der Waals surface area contributed by atoms with Gasteiger partial charge in [0.1, 0.15) is 0 Å². The molecule has 2 heterocycles. The fourth-order valence-corrected chi connectivity index (χ4v) is 5.84. The van der Waals surface area contributed by atoms with Crippen LogP contribution in [-0.2, 0) is 33.5 Å². The van der Waals surface area contributed by atoms with Crippen LogP contribution in [0.3, 0.4) is 0 Å². The minimum Gasteiger partial charge on any atom is -0.368 e. The molecule has 4 rings (SSSR count). The summed E-state index contributed by atoms with van der Waals surface area (Å²) in [6.45, 7) is 5.76. The van der Waals surface area contributed by atoms with Crippen LogP contribution in [0.15, 0.2) is 48.5 Å². The first-order valence-corrected chi connectivity index (χ1v) is 12.2. The average Bonchev–Trinajstić information content (AvgIpc) is 2.97. The number of hydrogen-bond acceptors (Lipinski definition) is 4. The van der Waals surface area contributed by atoms with E-state index >= 15 is 0 Å². The van der Waals surface area contributed by atoms with Crippen LogP contribution < -0.4 is 4.90 Å². The standard InChI is InChI=1S/C23H29N3O3S/c1-19(27)24-12-14-25(15-13-24)23-10-9-22-17-26(11-5-8-21(22)16-23)30(28,29)18-20-6-3-2-4-7-20/h2-4,6-7,9-10,16H,5,8,11-15,17-18H2,1H3. The number of sulfonamides is 1. The van der Waals surface area contributed by atoms with Crippen molar-refractivity contribution in [3.63, 3.8) is 0 Å². The highest BCUT2D eigenvalue weighted by Crippen LogP contribution is 2.27. The van der Waals surface area contributed by atoms with Crippen LogP contribution in [0.4, 0.5) is 5.69 Å². The van der Waals surface area contributed by atoms with Gasteiger partial charge in [0.05, 0.1) is 5.75 Å². The number of fused-ring (bicyclic) bond motifs is 1. The largest absolute Gasteiger partial charge is 0.368 e. The number of piperazine rings is 1. The molecule has 2 aliphatic heterocycles. The minimum absolute atomic E-state index is 0.0433. The van der Waals surface area contributed by atoms with Crippen molar-refractivity contribution in [2.24, 2.45) is 0 Å². The zero-order valence-corrected chi connectivity index (χ0v) is 18.3. The maximum atomic E-state index is 13.0. The third-order valence-corrected chi connectivity index (χ3v) is 7.86. The van der Waals surface area contributed by atoms with Gasteiger partial charge in [0.15, 0.2) is 0 Å². The Morgan fingerprint density at radius 2 is 1.67 bits per heavy atom. The molecule has 0 aromatic heterocycles. The molecule has 1 saturated heterocycles. The summed E-state index contributed by atoms with van der Waals surface area (Å²) in [5.41, 5.74) is 4.31. The Morgan fingerprint density at radius 3 is 2.37 bits per heavy atom. The van der Waals surface area contributed by atoms with Crippen LogP contribution >= 0.6 is 0 Å². The van der Waals surface area contributed by atoms with Gasteiger partial charge >= 0.3 is 0 Å². The molecule has 30 heavy (non-hydrogen) atoms. The normalized spacial score (nSPS) is 18.0. The molecular formula is C23H29N3O3S. The molecule has 1 amide bonds. The van der Waals surface area contributed by atoms with Crippen molar-refractivity contribution in [2.45, 2.75) is 32.1 Å². The first-order chi connectivity index (χ1) is 14.4. The van der Waals surface area contributed by atoms with Gasteiger partial charge in [-0.1, -0.05) is 36.4 Å². The average molecular weight is 428 g/mol.